The van der Waals surface area contributed by atoms with Gasteiger partial charge >= 0.3 is 0 Å². The van der Waals surface area contributed by atoms with Crippen LogP contribution in [0.4, 0.5) is 0 Å². The van der Waals surface area contributed by atoms with Crippen molar-refractivity contribution in [2.45, 2.75) is 31.8 Å². The Hall–Kier alpha value is -0.900. The molecule has 0 spiro atoms. The van der Waals surface area contributed by atoms with Crippen LogP contribution >= 0.6 is 0 Å². The third kappa shape index (κ3) is 1.58. The summed E-state index contributed by atoms with van der Waals surface area (Å²) in [6.07, 6.45) is 4.76. The topological polar surface area (TPSA) is 46.6 Å². The smallest absolute Gasteiger partial charge is 0.249 e. The van der Waals surface area contributed by atoms with Crippen molar-refractivity contribution in [1.29, 1.82) is 0 Å². The lowest BCUT2D eigenvalue weighted by atomic mass is 9.80. The molecule has 0 aromatic carbocycles. The Morgan fingerprint density at radius 3 is 2.85 bits per heavy atom. The normalized spacial score (nSPS) is 29.1. The Balaban J connectivity index is 1.89. The number of rotatable bonds is 3. The van der Waals surface area contributed by atoms with E-state index in [1.165, 1.54) is 11.5 Å². The quantitative estimate of drug-likeness (QED) is 0.599. The van der Waals surface area contributed by atoms with Gasteiger partial charge in [0.2, 0.25) is 5.91 Å². The molecule has 4 nitrogen and oxygen atoms in total. The van der Waals surface area contributed by atoms with Gasteiger partial charge in [-0.2, -0.15) is 0 Å². The highest BCUT2D eigenvalue weighted by Crippen LogP contribution is 2.35. The van der Waals surface area contributed by atoms with Gasteiger partial charge in [-0.05, 0) is 18.8 Å². The van der Waals surface area contributed by atoms with Gasteiger partial charge in [0.25, 0.3) is 0 Å². The summed E-state index contributed by atoms with van der Waals surface area (Å²) in [7, 11) is 0. The molecule has 1 atom stereocenters. The van der Waals surface area contributed by atoms with Crippen LogP contribution in [0.15, 0.2) is 0 Å². The summed E-state index contributed by atoms with van der Waals surface area (Å²) >= 11 is 0. The Morgan fingerprint density at radius 2 is 2.31 bits per heavy atom. The Labute approximate surface area is 76.8 Å². The fourth-order valence-corrected chi connectivity index (χ4v) is 1.81. The van der Waals surface area contributed by atoms with E-state index in [4.69, 9.17) is 4.84 Å². The van der Waals surface area contributed by atoms with Crippen LogP contribution in [-0.2, 0) is 14.4 Å². The first-order valence-corrected chi connectivity index (χ1v) is 4.72. The average Bonchev–Trinajstić information content (AvgIpc) is 2.30. The predicted octanol–water partition coefficient (Wildman–Crippen LogP) is 0.518. The molecule has 2 fully saturated rings. The van der Waals surface area contributed by atoms with Gasteiger partial charge in [0.15, 0.2) is 0 Å². The van der Waals surface area contributed by atoms with Gasteiger partial charge in [-0.3, -0.25) is 9.63 Å². The van der Waals surface area contributed by atoms with E-state index in [2.05, 4.69) is 0 Å². The highest BCUT2D eigenvalue weighted by Gasteiger charge is 2.38. The third-order valence-corrected chi connectivity index (χ3v) is 2.83. The molecule has 1 unspecified atom stereocenters. The molecule has 1 saturated carbocycles. The number of hydrogen-bond acceptors (Lipinski definition) is 3. The average molecular weight is 183 g/mol. The zero-order chi connectivity index (χ0) is 9.26. The highest BCUT2D eigenvalue weighted by molar-refractivity contribution is 5.79. The van der Waals surface area contributed by atoms with E-state index < -0.39 is 0 Å². The monoisotopic (exact) mass is 183 g/mol. The molecule has 2 rings (SSSR count). The van der Waals surface area contributed by atoms with Crippen molar-refractivity contribution in [1.82, 2.24) is 5.06 Å². The molecule has 1 aliphatic carbocycles. The molecule has 1 saturated heterocycles. The zero-order valence-electron chi connectivity index (χ0n) is 7.44. The fourth-order valence-electron chi connectivity index (χ4n) is 1.81. The molecule has 4 heteroatoms. The maximum Gasteiger partial charge on any atom is 0.249 e. The molecule has 1 heterocycles. The Bertz CT molecular complexity index is 225. The van der Waals surface area contributed by atoms with Crippen molar-refractivity contribution < 1.29 is 14.4 Å². The fraction of sp³-hybridized carbons (Fsp3) is 0.778. The minimum Gasteiger partial charge on any atom is -0.301 e. The number of hydrogen-bond donors (Lipinski definition) is 0. The maximum absolute atomic E-state index is 11.3. The lowest BCUT2D eigenvalue weighted by Crippen LogP contribution is -2.29. The van der Waals surface area contributed by atoms with Crippen LogP contribution in [0.25, 0.3) is 0 Å². The summed E-state index contributed by atoms with van der Waals surface area (Å²) in [5, 5.41) is 1.19. The van der Waals surface area contributed by atoms with Crippen molar-refractivity contribution in [2.24, 2.45) is 5.92 Å². The van der Waals surface area contributed by atoms with Gasteiger partial charge in [-0.25, -0.2) is 5.06 Å². The molecule has 0 radical (unpaired) electrons. The largest absolute Gasteiger partial charge is 0.301 e. The van der Waals surface area contributed by atoms with E-state index in [9.17, 15) is 9.59 Å². The van der Waals surface area contributed by atoms with Gasteiger partial charge in [0, 0.05) is 0 Å². The Morgan fingerprint density at radius 1 is 1.54 bits per heavy atom. The molecule has 0 N–H and O–H groups in total. The van der Waals surface area contributed by atoms with Crippen LogP contribution in [-0.4, -0.2) is 29.9 Å². The molecule has 13 heavy (non-hydrogen) atoms. The summed E-state index contributed by atoms with van der Waals surface area (Å²) in [5.74, 6) is 0.490. The molecular formula is C9H13NO3. The zero-order valence-corrected chi connectivity index (χ0v) is 7.44. The van der Waals surface area contributed by atoms with Crippen LogP contribution in [0, 0.1) is 5.92 Å². The van der Waals surface area contributed by atoms with Crippen molar-refractivity contribution in [3.05, 3.63) is 0 Å². The van der Waals surface area contributed by atoms with E-state index in [0.29, 0.717) is 18.6 Å². The predicted molar refractivity (Wildman–Crippen MR) is 44.6 cm³/mol. The first kappa shape index (κ1) is 8.69. The molecule has 72 valence electrons. The van der Waals surface area contributed by atoms with E-state index in [1.807, 2.05) is 0 Å². The molecular weight excluding hydrogens is 170 g/mol. The van der Waals surface area contributed by atoms with Crippen molar-refractivity contribution in [3.63, 3.8) is 0 Å². The van der Waals surface area contributed by atoms with Gasteiger partial charge in [-0.15, -0.1) is 0 Å². The van der Waals surface area contributed by atoms with Gasteiger partial charge in [0.05, 0.1) is 12.5 Å². The molecule has 1 amide bonds. The summed E-state index contributed by atoms with van der Waals surface area (Å²) in [6, 6.07) is 0. The first-order valence-electron chi connectivity index (χ1n) is 4.72. The minimum absolute atomic E-state index is 0.0428. The molecule has 0 aromatic heterocycles. The summed E-state index contributed by atoms with van der Waals surface area (Å²) in [4.78, 5) is 26.8. The SMILES string of the molecule is O=CCN1OC(C2CCC2)CC1=O. The van der Waals surface area contributed by atoms with E-state index in [0.717, 1.165) is 12.8 Å². The number of carbonyl (C=O) groups is 2. The second-order valence-electron chi connectivity index (χ2n) is 3.66. The summed E-state index contributed by atoms with van der Waals surface area (Å²) in [5.41, 5.74) is 0. The lowest BCUT2D eigenvalue weighted by molar-refractivity contribution is -0.182. The van der Waals surface area contributed by atoms with E-state index in [1.54, 1.807) is 0 Å². The number of amides is 1. The molecule has 0 bridgehead atoms. The standard InChI is InChI=1S/C9H13NO3/c11-5-4-10-9(12)6-8(13-10)7-2-1-3-7/h5,7-8H,1-4,6H2. The first-order chi connectivity index (χ1) is 6.31. The van der Waals surface area contributed by atoms with Gasteiger partial charge in [-0.1, -0.05) is 6.42 Å². The minimum atomic E-state index is -0.0519. The van der Waals surface area contributed by atoms with Crippen molar-refractivity contribution >= 4 is 12.2 Å². The van der Waals surface area contributed by atoms with Crippen molar-refractivity contribution in [3.8, 4) is 0 Å². The van der Waals surface area contributed by atoms with Gasteiger partial charge < -0.3 is 4.79 Å². The third-order valence-electron chi connectivity index (χ3n) is 2.83. The summed E-state index contributed by atoms with van der Waals surface area (Å²) in [6.45, 7) is 0.0715. The van der Waals surface area contributed by atoms with Crippen LogP contribution in [0.2, 0.25) is 0 Å². The highest BCUT2D eigenvalue weighted by atomic mass is 16.7. The summed E-state index contributed by atoms with van der Waals surface area (Å²) < 4.78 is 0. The van der Waals surface area contributed by atoms with E-state index in [-0.39, 0.29) is 18.6 Å². The van der Waals surface area contributed by atoms with Crippen LogP contribution in [0.5, 0.6) is 0 Å². The maximum atomic E-state index is 11.3. The van der Waals surface area contributed by atoms with Gasteiger partial charge in [0.1, 0.15) is 12.8 Å². The Kier molecular flexibility index (Phi) is 2.31. The van der Waals surface area contributed by atoms with Crippen LogP contribution < -0.4 is 0 Å². The number of nitrogens with zero attached hydrogens (tertiary/aromatic N) is 1. The number of aldehydes is 1. The second kappa shape index (κ2) is 3.46. The van der Waals surface area contributed by atoms with E-state index >= 15 is 0 Å². The van der Waals surface area contributed by atoms with Crippen molar-refractivity contribution in [2.75, 3.05) is 6.54 Å². The molecule has 1 aliphatic heterocycles. The van der Waals surface area contributed by atoms with Crippen LogP contribution in [0.3, 0.4) is 0 Å². The lowest BCUT2D eigenvalue weighted by Gasteiger charge is -2.29. The molecule has 2 aliphatic rings. The number of hydroxylamine groups is 2. The molecule has 0 aromatic rings. The number of carbonyl (C=O) groups excluding carboxylic acids is 2. The van der Waals surface area contributed by atoms with Crippen LogP contribution in [0.1, 0.15) is 25.7 Å². The second-order valence-corrected chi connectivity index (χ2v) is 3.66.